The van der Waals surface area contributed by atoms with Crippen molar-refractivity contribution >= 4 is 54.3 Å². The lowest BCUT2D eigenvalue weighted by Gasteiger charge is -2.20. The van der Waals surface area contributed by atoms with E-state index >= 15 is 0 Å². The van der Waals surface area contributed by atoms with Gasteiger partial charge in [0.1, 0.15) is 11.1 Å². The number of anilines is 1. The third-order valence-electron chi connectivity index (χ3n) is 6.14. The number of benzene rings is 3. The van der Waals surface area contributed by atoms with Crippen molar-refractivity contribution in [1.82, 2.24) is 9.88 Å². The fourth-order valence-corrected chi connectivity index (χ4v) is 5.52. The fraction of sp³-hybridized carbons (Fsp3) is 0.250. The lowest BCUT2D eigenvalue weighted by atomic mass is 10.0. The van der Waals surface area contributed by atoms with Gasteiger partial charge < -0.3 is 9.32 Å². The highest BCUT2D eigenvalue weighted by molar-refractivity contribution is 7.22. The number of fused-ring (bicyclic) bond motifs is 4. The Morgan fingerprint density at radius 3 is 2.60 bits per heavy atom. The van der Waals surface area contributed by atoms with Crippen molar-refractivity contribution in [3.05, 3.63) is 81.7 Å². The summed E-state index contributed by atoms with van der Waals surface area (Å²) in [5.74, 6) is -0.388. The van der Waals surface area contributed by atoms with Crippen LogP contribution in [0.1, 0.15) is 27.9 Å². The Hall–Kier alpha value is -3.55. The number of carbonyl (C=O) groups excluding carboxylic acids is 1. The van der Waals surface area contributed by atoms with Gasteiger partial charge in [0.15, 0.2) is 5.13 Å². The molecule has 0 saturated carbocycles. The molecule has 0 aliphatic carbocycles. The Bertz CT molecular complexity index is 1630. The number of hydrogen-bond donors (Lipinski definition) is 0. The monoisotopic (exact) mass is 485 g/mol. The molecule has 178 valence electrons. The molecule has 0 spiro atoms. The third-order valence-corrected chi connectivity index (χ3v) is 7.37. The highest BCUT2D eigenvalue weighted by atomic mass is 32.1. The van der Waals surface area contributed by atoms with Crippen molar-refractivity contribution in [3.8, 4) is 0 Å². The van der Waals surface area contributed by atoms with Gasteiger partial charge in [0.25, 0.3) is 5.91 Å². The lowest BCUT2D eigenvalue weighted by Crippen LogP contribution is -2.36. The van der Waals surface area contributed by atoms with Crippen LogP contribution in [0.25, 0.3) is 32.0 Å². The van der Waals surface area contributed by atoms with E-state index in [1.807, 2.05) is 57.4 Å². The highest BCUT2D eigenvalue weighted by Crippen LogP contribution is 2.33. The first-order valence-electron chi connectivity index (χ1n) is 11.6. The Morgan fingerprint density at radius 1 is 1.00 bits per heavy atom. The number of aromatic nitrogens is 1. The Labute approximate surface area is 207 Å². The van der Waals surface area contributed by atoms with E-state index in [9.17, 15) is 9.59 Å². The third kappa shape index (κ3) is 4.45. The second-order valence-corrected chi connectivity index (χ2v) is 10.2. The van der Waals surface area contributed by atoms with Crippen LogP contribution in [0.2, 0.25) is 0 Å². The van der Waals surface area contributed by atoms with E-state index in [1.165, 1.54) is 11.3 Å². The zero-order valence-electron chi connectivity index (χ0n) is 20.3. The molecule has 6 nitrogen and oxygen atoms in total. The first kappa shape index (κ1) is 23.2. The lowest BCUT2D eigenvalue weighted by molar-refractivity contribution is 0.0982. The maximum atomic E-state index is 13.9. The Morgan fingerprint density at radius 2 is 1.80 bits per heavy atom. The molecule has 0 unspecified atom stereocenters. The Balaban J connectivity index is 1.63. The molecule has 5 aromatic rings. The molecule has 7 heteroatoms. The second kappa shape index (κ2) is 9.24. The van der Waals surface area contributed by atoms with E-state index in [2.05, 4.69) is 17.9 Å². The minimum atomic E-state index is -0.636. The zero-order chi connectivity index (χ0) is 24.7. The minimum Gasteiger partial charge on any atom is -0.422 e. The zero-order valence-corrected chi connectivity index (χ0v) is 21.1. The molecule has 0 saturated heterocycles. The molecule has 0 atom stereocenters. The summed E-state index contributed by atoms with van der Waals surface area (Å²) >= 11 is 1.48. The van der Waals surface area contributed by atoms with E-state index in [0.29, 0.717) is 17.3 Å². The number of thiazole rings is 1. The van der Waals surface area contributed by atoms with Gasteiger partial charge in [-0.05, 0) is 81.0 Å². The number of carbonyl (C=O) groups is 1. The minimum absolute atomic E-state index is 0.0193. The summed E-state index contributed by atoms with van der Waals surface area (Å²) < 4.78 is 6.66. The van der Waals surface area contributed by atoms with Crippen molar-refractivity contribution in [3.63, 3.8) is 0 Å². The van der Waals surface area contributed by atoms with Crippen molar-refractivity contribution in [2.45, 2.75) is 20.3 Å². The standard InChI is InChI=1S/C28H27N3O3S/c1-17-14-18(2)25-23(15-17)29-28(35-25)31(13-7-12-30(3)4)26(32)22-16-21-20-9-6-5-8-19(20)10-11-24(21)34-27(22)33/h5-6,8-11,14-16H,7,12-13H2,1-4H3. The molecule has 0 radical (unpaired) electrons. The molecule has 1 amide bonds. The van der Waals surface area contributed by atoms with Crippen LogP contribution in [0.5, 0.6) is 0 Å². The number of hydrogen-bond acceptors (Lipinski definition) is 6. The normalized spacial score (nSPS) is 11.7. The van der Waals surface area contributed by atoms with Gasteiger partial charge in [0, 0.05) is 11.9 Å². The van der Waals surface area contributed by atoms with Gasteiger partial charge in [-0.1, -0.05) is 47.7 Å². The molecule has 35 heavy (non-hydrogen) atoms. The van der Waals surface area contributed by atoms with Gasteiger partial charge in [-0.2, -0.15) is 0 Å². The summed E-state index contributed by atoms with van der Waals surface area (Å²) in [5, 5.41) is 3.30. The van der Waals surface area contributed by atoms with Crippen LogP contribution in [0.4, 0.5) is 5.13 Å². The van der Waals surface area contributed by atoms with Crippen molar-refractivity contribution in [2.75, 3.05) is 32.1 Å². The average Bonchev–Trinajstić information content (AvgIpc) is 3.24. The quantitative estimate of drug-likeness (QED) is 0.226. The summed E-state index contributed by atoms with van der Waals surface area (Å²) in [6.45, 7) is 5.35. The SMILES string of the molecule is Cc1cc(C)c2sc(N(CCCN(C)C)C(=O)c3cc4c(ccc5ccccc54)oc3=O)nc2c1. The first-order chi connectivity index (χ1) is 16.8. The second-order valence-electron chi connectivity index (χ2n) is 9.19. The molecule has 2 heterocycles. The molecule has 0 N–H and O–H groups in total. The van der Waals surface area contributed by atoms with E-state index in [-0.39, 0.29) is 11.5 Å². The van der Waals surface area contributed by atoms with Crippen molar-refractivity contribution in [1.29, 1.82) is 0 Å². The van der Waals surface area contributed by atoms with Crippen LogP contribution >= 0.6 is 11.3 Å². The summed E-state index contributed by atoms with van der Waals surface area (Å²) in [4.78, 5) is 35.3. The molecule has 0 aliphatic heterocycles. The number of amides is 1. The smallest absolute Gasteiger partial charge is 0.349 e. The maximum Gasteiger partial charge on any atom is 0.349 e. The molecule has 0 fully saturated rings. The topological polar surface area (TPSA) is 66.7 Å². The predicted molar refractivity (Wildman–Crippen MR) is 144 cm³/mol. The molecule has 3 aromatic carbocycles. The average molecular weight is 486 g/mol. The van der Waals surface area contributed by atoms with Gasteiger partial charge in [-0.25, -0.2) is 9.78 Å². The summed E-state index contributed by atoms with van der Waals surface area (Å²) in [6.07, 6.45) is 0.745. The van der Waals surface area contributed by atoms with Gasteiger partial charge in [-0.15, -0.1) is 0 Å². The van der Waals surface area contributed by atoms with Gasteiger partial charge in [0.2, 0.25) is 0 Å². The van der Waals surface area contributed by atoms with E-state index < -0.39 is 5.63 Å². The van der Waals surface area contributed by atoms with E-state index in [0.717, 1.165) is 50.5 Å². The molecule has 0 aliphatic rings. The van der Waals surface area contributed by atoms with Gasteiger partial charge >= 0.3 is 5.63 Å². The Kier molecular flexibility index (Phi) is 6.13. The summed E-state index contributed by atoms with van der Waals surface area (Å²) in [7, 11) is 4.00. The molecule has 5 rings (SSSR count). The van der Waals surface area contributed by atoms with Crippen LogP contribution in [0.3, 0.4) is 0 Å². The fourth-order valence-electron chi connectivity index (χ4n) is 4.48. The molecule has 2 aromatic heterocycles. The number of aryl methyl sites for hydroxylation is 2. The van der Waals surface area contributed by atoms with E-state index in [1.54, 1.807) is 17.0 Å². The van der Waals surface area contributed by atoms with Crippen LogP contribution in [-0.4, -0.2) is 43.0 Å². The number of rotatable bonds is 6. The van der Waals surface area contributed by atoms with Crippen LogP contribution in [0, 0.1) is 13.8 Å². The van der Waals surface area contributed by atoms with Gasteiger partial charge in [-0.3, -0.25) is 9.69 Å². The molecule has 0 bridgehead atoms. The van der Waals surface area contributed by atoms with E-state index in [4.69, 9.17) is 9.40 Å². The molecular formula is C28H27N3O3S. The molecular weight excluding hydrogens is 458 g/mol. The van der Waals surface area contributed by atoms with Crippen molar-refractivity contribution in [2.24, 2.45) is 0 Å². The largest absolute Gasteiger partial charge is 0.422 e. The maximum absolute atomic E-state index is 13.9. The summed E-state index contributed by atoms with van der Waals surface area (Å²) in [5.41, 5.74) is 2.97. The number of nitrogens with zero attached hydrogens (tertiary/aromatic N) is 3. The highest BCUT2D eigenvalue weighted by Gasteiger charge is 2.25. The van der Waals surface area contributed by atoms with Crippen LogP contribution < -0.4 is 10.5 Å². The van der Waals surface area contributed by atoms with Crippen LogP contribution in [-0.2, 0) is 0 Å². The summed E-state index contributed by atoms with van der Waals surface area (Å²) in [6, 6.07) is 17.4. The van der Waals surface area contributed by atoms with Gasteiger partial charge in [0.05, 0.1) is 10.2 Å². The van der Waals surface area contributed by atoms with Crippen molar-refractivity contribution < 1.29 is 9.21 Å². The first-order valence-corrected chi connectivity index (χ1v) is 12.4. The predicted octanol–water partition coefficient (Wildman–Crippen LogP) is 5.77. The van der Waals surface area contributed by atoms with Crippen LogP contribution in [0.15, 0.2) is 63.8 Å².